The number of urea groups is 2. The summed E-state index contributed by atoms with van der Waals surface area (Å²) in [5.41, 5.74) is 4.05. The zero-order valence-electron chi connectivity index (χ0n) is 46.9. The zero-order valence-corrected chi connectivity index (χ0v) is 46.9. The zero-order chi connectivity index (χ0) is 57.9. The first-order valence-corrected chi connectivity index (χ1v) is 28.7. The van der Waals surface area contributed by atoms with Crippen molar-refractivity contribution >= 4 is 70.3 Å². The monoisotopic (exact) mass is 1150 g/mol. The molecular weight excluding hydrogens is 1090 g/mol. The molecule has 85 heavy (non-hydrogen) atoms. The molecule has 0 radical (unpaired) electrons. The van der Waals surface area contributed by atoms with Gasteiger partial charge in [-0.2, -0.15) is 39.9 Å². The third-order valence-electron chi connectivity index (χ3n) is 15.0. The Morgan fingerprint density at radius 2 is 0.835 bits per heavy atom. The number of hydrogen-bond donors (Lipinski definition) is 3. The fourth-order valence-electron chi connectivity index (χ4n) is 10.3. The lowest BCUT2D eigenvalue weighted by Gasteiger charge is -2.35. The van der Waals surface area contributed by atoms with Crippen LogP contribution in [0.4, 0.5) is 56.1 Å². The first kappa shape index (κ1) is 56.2. The first-order valence-electron chi connectivity index (χ1n) is 28.7. The number of ketones is 1. The number of rotatable bonds is 14. The number of anilines is 8. The topological polar surface area (TPSA) is 254 Å². The van der Waals surface area contributed by atoms with Gasteiger partial charge in [0.1, 0.15) is 0 Å². The number of nitrogens with zero attached hydrogens (tertiary/aromatic N) is 14. The Bertz CT molecular complexity index is 3360. The number of carbonyl (C=O) groups is 4. The number of Topliss-reactive ketones (excluding diaryl/α,β-unsaturated/α-hetero) is 1. The fraction of sp³-hybridized carbons (Fsp3) is 0.350. The summed E-state index contributed by atoms with van der Waals surface area (Å²) in [4.78, 5) is 102. The second-order valence-corrected chi connectivity index (χ2v) is 20.6. The van der Waals surface area contributed by atoms with Crippen LogP contribution in [-0.2, 0) is 25.4 Å². The van der Waals surface area contributed by atoms with Crippen molar-refractivity contribution in [1.29, 1.82) is 0 Å². The molecule has 12 rings (SSSR count). The maximum Gasteiger partial charge on any atom is 0.345 e. The van der Waals surface area contributed by atoms with Gasteiger partial charge in [-0.3, -0.25) is 14.6 Å². The van der Waals surface area contributed by atoms with Gasteiger partial charge < -0.3 is 59.4 Å². The predicted octanol–water partition coefficient (Wildman–Crippen LogP) is 5.30. The van der Waals surface area contributed by atoms with Gasteiger partial charge in [0.2, 0.25) is 23.8 Å². The van der Waals surface area contributed by atoms with Crippen LogP contribution in [0.2, 0.25) is 0 Å². The van der Waals surface area contributed by atoms with E-state index in [-0.39, 0.29) is 29.5 Å². The molecule has 0 unspecified atom stereocenters. The number of amides is 5. The summed E-state index contributed by atoms with van der Waals surface area (Å²) in [6.07, 6.45) is 1.74. The smallest absolute Gasteiger partial charge is 0.345 e. The lowest BCUT2D eigenvalue weighted by molar-refractivity contribution is 0.0735. The molecule has 3 N–H and O–H groups in total. The Morgan fingerprint density at radius 3 is 1.21 bits per heavy atom. The van der Waals surface area contributed by atoms with Crippen molar-refractivity contribution in [2.24, 2.45) is 0 Å². The molecular formula is C60H65N17O8. The van der Waals surface area contributed by atoms with Crippen molar-refractivity contribution in [2.75, 3.05) is 172 Å². The van der Waals surface area contributed by atoms with Crippen LogP contribution in [0.3, 0.4) is 0 Å². The highest BCUT2D eigenvalue weighted by Crippen LogP contribution is 2.32. The van der Waals surface area contributed by atoms with Gasteiger partial charge in [-0.1, -0.05) is 6.07 Å². The highest BCUT2D eigenvalue weighted by atomic mass is 16.5. The van der Waals surface area contributed by atoms with Gasteiger partial charge in [0, 0.05) is 124 Å². The third kappa shape index (κ3) is 13.6. The van der Waals surface area contributed by atoms with E-state index in [1.165, 1.54) is 10.0 Å². The lowest BCUT2D eigenvalue weighted by Crippen LogP contribution is -2.54. The van der Waals surface area contributed by atoms with Gasteiger partial charge in [-0.15, -0.1) is 0 Å². The number of aromatic nitrogens is 7. The molecule has 0 bridgehead atoms. The fourth-order valence-corrected chi connectivity index (χ4v) is 10.3. The average Bonchev–Trinajstić information content (AvgIpc) is 3.69. The van der Waals surface area contributed by atoms with Crippen molar-refractivity contribution in [3.05, 3.63) is 138 Å². The summed E-state index contributed by atoms with van der Waals surface area (Å²) < 4.78 is 22.7. The van der Waals surface area contributed by atoms with Gasteiger partial charge in [0.25, 0.3) is 5.91 Å². The van der Waals surface area contributed by atoms with E-state index in [0.717, 1.165) is 0 Å². The SMILES string of the molecule is O=C(Cc1ccccn1)c1ccc(NC(=O)N(c2ccc(-c3nc(N4CCOCC4)nc(N4CCOCC4)n3)cc2)N(C(=O)Nc2ccc(C(=O)N3CCNCC3)cc2)c2ccc(-c3nc(N4CCOCC4)nc(N4CCOCC4)n3)cc2)cc1. The van der Waals surface area contributed by atoms with E-state index in [9.17, 15) is 9.59 Å². The van der Waals surface area contributed by atoms with Crippen molar-refractivity contribution < 1.29 is 38.1 Å². The molecule has 438 valence electrons. The average molecular weight is 1150 g/mol. The van der Waals surface area contributed by atoms with Crippen molar-refractivity contribution in [1.82, 2.24) is 45.1 Å². The number of pyridine rings is 1. The standard InChI is InChI=1S/C60H65N17O8/c78-51(41-48-3-1-2-20-62-48)42-4-12-46(13-5-42)63-59(80)76(49-16-8-43(9-17-49)52-65-55(72-25-33-82-34-26-72)69-56(66-52)73-27-35-83-36-28-73)77(60(81)64-47-14-6-45(7-15-47)54(79)71-23-21-61-22-24-71)50-18-10-44(11-19-50)53-67-57(74-29-37-84-38-30-74)70-58(68-53)75-31-39-85-40-32-75/h1-20,61H,21-41H2,(H,63,80)(H,64,81). The van der Waals surface area contributed by atoms with Crippen LogP contribution < -0.4 is 45.6 Å². The Morgan fingerprint density at radius 1 is 0.447 bits per heavy atom. The second-order valence-electron chi connectivity index (χ2n) is 20.6. The van der Waals surface area contributed by atoms with Gasteiger partial charge in [0.05, 0.1) is 70.7 Å². The molecule has 0 spiro atoms. The molecule has 25 nitrogen and oxygen atoms in total. The minimum Gasteiger partial charge on any atom is -0.378 e. The van der Waals surface area contributed by atoms with Crippen LogP contribution in [0.25, 0.3) is 22.8 Å². The molecule has 7 aromatic rings. The molecule has 5 aliphatic rings. The summed E-state index contributed by atoms with van der Waals surface area (Å²) in [6, 6.07) is 31.2. The van der Waals surface area contributed by atoms with Gasteiger partial charge in [-0.25, -0.2) is 9.59 Å². The van der Waals surface area contributed by atoms with E-state index in [0.29, 0.717) is 206 Å². The quantitative estimate of drug-likeness (QED) is 0.0923. The van der Waals surface area contributed by atoms with Crippen molar-refractivity contribution in [2.45, 2.75) is 6.42 Å². The van der Waals surface area contributed by atoms with Crippen LogP contribution in [0.1, 0.15) is 26.4 Å². The molecule has 3 aromatic heterocycles. The van der Waals surface area contributed by atoms with E-state index < -0.39 is 12.1 Å². The van der Waals surface area contributed by atoms with E-state index >= 15 is 9.59 Å². The molecule has 8 heterocycles. The number of hydrogen-bond acceptors (Lipinski definition) is 20. The van der Waals surface area contributed by atoms with Crippen LogP contribution in [0.5, 0.6) is 0 Å². The maximum atomic E-state index is 15.4. The minimum atomic E-state index is -0.733. The molecule has 5 fully saturated rings. The molecule has 0 atom stereocenters. The summed E-state index contributed by atoms with van der Waals surface area (Å²) in [5, 5.41) is 11.8. The van der Waals surface area contributed by atoms with Crippen LogP contribution in [0, 0.1) is 0 Å². The summed E-state index contributed by atoms with van der Waals surface area (Å²) >= 11 is 0. The highest BCUT2D eigenvalue weighted by molar-refractivity contribution is 6.13. The molecule has 25 heteroatoms. The number of hydrazine groups is 1. The first-order chi connectivity index (χ1) is 41.8. The Kier molecular flexibility index (Phi) is 17.6. The molecule has 5 saturated heterocycles. The summed E-state index contributed by atoms with van der Waals surface area (Å²) in [5.74, 6) is 2.63. The summed E-state index contributed by atoms with van der Waals surface area (Å²) in [6.45, 7) is 11.7. The lowest BCUT2D eigenvalue weighted by atomic mass is 10.1. The van der Waals surface area contributed by atoms with Crippen LogP contribution in [0.15, 0.2) is 121 Å². The van der Waals surface area contributed by atoms with Crippen molar-refractivity contribution in [3.63, 3.8) is 0 Å². The number of benzene rings is 4. The Labute approximate surface area is 490 Å². The van der Waals surface area contributed by atoms with Crippen LogP contribution >= 0.6 is 0 Å². The number of nitrogens with one attached hydrogen (secondary N) is 3. The number of morpholine rings is 4. The Hall–Kier alpha value is -9.27. The minimum absolute atomic E-state index is 0.0965. The highest BCUT2D eigenvalue weighted by Gasteiger charge is 2.32. The van der Waals surface area contributed by atoms with E-state index in [1.54, 1.807) is 120 Å². The van der Waals surface area contributed by atoms with Gasteiger partial charge in [-0.05, 0) is 109 Å². The molecule has 5 aliphatic heterocycles. The largest absolute Gasteiger partial charge is 0.378 e. The molecule has 0 saturated carbocycles. The Balaban J connectivity index is 0.925. The number of ether oxygens (including phenoxy) is 4. The molecule has 4 aromatic carbocycles. The van der Waals surface area contributed by atoms with Crippen molar-refractivity contribution in [3.8, 4) is 22.8 Å². The molecule has 0 aliphatic carbocycles. The van der Waals surface area contributed by atoms with E-state index in [1.807, 2.05) is 6.07 Å². The summed E-state index contributed by atoms with van der Waals surface area (Å²) in [7, 11) is 0. The maximum absolute atomic E-state index is 15.4. The second kappa shape index (κ2) is 26.5. The molecule has 5 amide bonds. The third-order valence-corrected chi connectivity index (χ3v) is 15.0. The van der Waals surface area contributed by atoms with Crippen LogP contribution in [-0.4, -0.2) is 195 Å². The van der Waals surface area contributed by atoms with E-state index in [4.69, 9.17) is 48.9 Å². The van der Waals surface area contributed by atoms with E-state index in [2.05, 4.69) is 40.5 Å². The normalized spacial score (nSPS) is 16.6. The van der Waals surface area contributed by atoms with Gasteiger partial charge in [0.15, 0.2) is 17.4 Å². The van der Waals surface area contributed by atoms with Gasteiger partial charge >= 0.3 is 12.1 Å². The number of piperazine rings is 1. The number of carbonyl (C=O) groups excluding carboxylic acids is 4. The predicted molar refractivity (Wildman–Crippen MR) is 320 cm³/mol.